The van der Waals surface area contributed by atoms with Crippen molar-refractivity contribution in [3.05, 3.63) is 59.7 Å². The van der Waals surface area contributed by atoms with Crippen LogP contribution in [0.2, 0.25) is 0 Å². The minimum Gasteiger partial charge on any atom is -0.388 e. The molecule has 1 aromatic heterocycles. The summed E-state index contributed by atoms with van der Waals surface area (Å²) in [6.07, 6.45) is 3.66. The Hall–Kier alpha value is -2.07. The van der Waals surface area contributed by atoms with E-state index in [0.29, 0.717) is 17.3 Å². The second kappa shape index (κ2) is 6.20. The fraction of sp³-hybridized carbons (Fsp3) is 0.267. The maximum absolute atomic E-state index is 11.2. The topological polar surface area (TPSA) is 63.1 Å². The lowest BCUT2D eigenvalue weighted by molar-refractivity contribution is 0.0903. The van der Waals surface area contributed by atoms with E-state index in [1.54, 1.807) is 0 Å². The van der Waals surface area contributed by atoms with E-state index in [0.717, 1.165) is 6.42 Å². The van der Waals surface area contributed by atoms with Crippen LogP contribution in [-0.2, 0) is 6.42 Å². The fourth-order valence-electron chi connectivity index (χ4n) is 1.87. The number of aliphatic hydroxyl groups is 1. The molecule has 98 valence electrons. The van der Waals surface area contributed by atoms with Gasteiger partial charge in [0.25, 0.3) is 0 Å². The minimum absolute atomic E-state index is 0.320. The number of hydrogen-bond donors (Lipinski definition) is 1. The highest BCUT2D eigenvalue weighted by Crippen LogP contribution is 2.18. The summed E-state index contributed by atoms with van der Waals surface area (Å²) in [6, 6.07) is 10.2. The molecule has 0 bridgehead atoms. The summed E-state index contributed by atoms with van der Waals surface area (Å²) in [4.78, 5) is 19.6. The maximum Gasteiger partial charge on any atom is 0.191 e. The van der Waals surface area contributed by atoms with E-state index in [4.69, 9.17) is 5.11 Å². The summed E-state index contributed by atoms with van der Waals surface area (Å²) in [5.41, 5.74) is 1.58. The second-order valence-electron chi connectivity index (χ2n) is 4.49. The van der Waals surface area contributed by atoms with E-state index in [1.165, 1.54) is 18.0 Å². The molecule has 0 spiro atoms. The normalized spacial score (nSPS) is 12.1. The van der Waals surface area contributed by atoms with E-state index in [9.17, 15) is 4.79 Å². The van der Waals surface area contributed by atoms with Crippen molar-refractivity contribution in [1.29, 1.82) is 0 Å². The van der Waals surface area contributed by atoms with Gasteiger partial charge in [-0.25, -0.2) is 9.97 Å². The predicted molar refractivity (Wildman–Crippen MR) is 72.0 cm³/mol. The molecule has 0 unspecified atom stereocenters. The molecule has 0 radical (unpaired) electrons. The number of carbonyl (C=O) groups excluding carboxylic acids is 1. The molecule has 19 heavy (non-hydrogen) atoms. The van der Waals surface area contributed by atoms with E-state index in [-0.39, 0.29) is 5.78 Å². The van der Waals surface area contributed by atoms with Gasteiger partial charge in [-0.3, -0.25) is 4.79 Å². The first-order valence-corrected chi connectivity index (χ1v) is 6.20. The van der Waals surface area contributed by atoms with Gasteiger partial charge in [0.15, 0.2) is 5.78 Å². The van der Waals surface area contributed by atoms with Crippen molar-refractivity contribution in [2.24, 2.45) is 0 Å². The summed E-state index contributed by atoms with van der Waals surface area (Å²) in [5, 5.41) is 8.75. The summed E-state index contributed by atoms with van der Waals surface area (Å²) >= 11 is 0. The van der Waals surface area contributed by atoms with Crippen LogP contribution in [0.1, 0.15) is 34.6 Å². The predicted octanol–water partition coefficient (Wildman–Crippen LogP) is 2.00. The fourth-order valence-corrected chi connectivity index (χ4v) is 1.87. The van der Waals surface area contributed by atoms with Crippen molar-refractivity contribution in [3.63, 3.8) is 0 Å². The highest BCUT2D eigenvalue weighted by molar-refractivity contribution is 5.96. The van der Waals surface area contributed by atoms with E-state index in [1.807, 2.05) is 18.2 Å². The third-order valence-corrected chi connectivity index (χ3v) is 3.03. The van der Waals surface area contributed by atoms with Crippen molar-refractivity contribution in [3.8, 4) is 0 Å². The zero-order valence-corrected chi connectivity index (χ0v) is 10.8. The average Bonchev–Trinajstić information content (AvgIpc) is 2.48. The van der Waals surface area contributed by atoms with Crippen LogP contribution in [0, 0.1) is 0 Å². The summed E-state index contributed by atoms with van der Waals surface area (Å²) in [5.74, 6) is 0.661. The zero-order chi connectivity index (χ0) is 13.7. The number of hydrogen-bond acceptors (Lipinski definition) is 4. The average molecular weight is 256 g/mol. The van der Waals surface area contributed by atoms with Crippen molar-refractivity contribution >= 4 is 5.78 Å². The molecule has 0 saturated carbocycles. The highest BCUT2D eigenvalue weighted by Gasteiger charge is 2.10. The number of benzene rings is 1. The number of ketones is 1. The molecule has 4 heteroatoms. The molecule has 0 amide bonds. The van der Waals surface area contributed by atoms with E-state index < -0.39 is 6.61 Å². The molecular formula is C15H16N2O2. The van der Waals surface area contributed by atoms with Crippen LogP contribution in [0.25, 0.3) is 0 Å². The van der Waals surface area contributed by atoms with Crippen LogP contribution in [0.5, 0.6) is 0 Å². The summed E-state index contributed by atoms with van der Waals surface area (Å²) < 4.78 is 0. The number of aromatic nitrogens is 2. The van der Waals surface area contributed by atoms with Crippen molar-refractivity contribution in [1.82, 2.24) is 9.97 Å². The lowest BCUT2D eigenvalue weighted by Gasteiger charge is -2.10. The van der Waals surface area contributed by atoms with Gasteiger partial charge in [-0.2, -0.15) is 0 Å². The van der Waals surface area contributed by atoms with Gasteiger partial charge in [0.2, 0.25) is 0 Å². The Morgan fingerprint density at radius 3 is 2.42 bits per heavy atom. The molecule has 0 fully saturated rings. The zero-order valence-electron chi connectivity index (χ0n) is 10.8. The Kier molecular flexibility index (Phi) is 4.36. The van der Waals surface area contributed by atoms with Gasteiger partial charge in [-0.15, -0.1) is 0 Å². The summed E-state index contributed by atoms with van der Waals surface area (Å²) in [6.45, 7) is 1.61. The molecule has 0 saturated heterocycles. The SMILES string of the molecule is C[C@@H](Cc1ncc(C(=O)CO)cn1)c1ccccc1. The number of nitrogens with zero attached hydrogens (tertiary/aromatic N) is 2. The first-order valence-electron chi connectivity index (χ1n) is 6.20. The Morgan fingerprint density at radius 2 is 1.84 bits per heavy atom. The Bertz CT molecular complexity index is 538. The van der Waals surface area contributed by atoms with Crippen LogP contribution < -0.4 is 0 Å². The van der Waals surface area contributed by atoms with Gasteiger partial charge < -0.3 is 5.11 Å². The molecular weight excluding hydrogens is 240 g/mol. The maximum atomic E-state index is 11.2. The molecule has 0 aliphatic rings. The third-order valence-electron chi connectivity index (χ3n) is 3.03. The lowest BCUT2D eigenvalue weighted by Crippen LogP contribution is -2.08. The quantitative estimate of drug-likeness (QED) is 0.831. The standard InChI is InChI=1S/C15H16N2O2/c1-11(12-5-3-2-4-6-12)7-15-16-8-13(9-17-15)14(19)10-18/h2-6,8-9,11,18H,7,10H2,1H3/t11-/m0/s1. The number of rotatable bonds is 5. The first-order chi connectivity index (χ1) is 9.20. The molecule has 0 aliphatic heterocycles. The third kappa shape index (κ3) is 3.45. The first kappa shape index (κ1) is 13.4. The Labute approximate surface area is 112 Å². The van der Waals surface area contributed by atoms with Crippen LogP contribution in [0.4, 0.5) is 0 Å². The lowest BCUT2D eigenvalue weighted by atomic mass is 9.97. The Morgan fingerprint density at radius 1 is 1.21 bits per heavy atom. The molecule has 2 aromatic rings. The van der Waals surface area contributed by atoms with E-state index in [2.05, 4.69) is 29.0 Å². The van der Waals surface area contributed by atoms with Gasteiger partial charge >= 0.3 is 0 Å². The van der Waals surface area contributed by atoms with Crippen LogP contribution in [0.3, 0.4) is 0 Å². The molecule has 1 N–H and O–H groups in total. The molecule has 2 rings (SSSR count). The van der Waals surface area contributed by atoms with Crippen LogP contribution >= 0.6 is 0 Å². The van der Waals surface area contributed by atoms with Gasteiger partial charge in [0, 0.05) is 18.8 Å². The number of Topliss-reactive ketones (excluding diaryl/α,β-unsaturated/α-hetero) is 1. The van der Waals surface area contributed by atoms with Gasteiger partial charge in [0.1, 0.15) is 12.4 Å². The molecule has 1 aromatic carbocycles. The van der Waals surface area contributed by atoms with Crippen molar-refractivity contribution in [2.75, 3.05) is 6.61 Å². The monoisotopic (exact) mass is 256 g/mol. The van der Waals surface area contributed by atoms with Gasteiger partial charge in [-0.05, 0) is 11.5 Å². The van der Waals surface area contributed by atoms with Gasteiger partial charge in [-0.1, -0.05) is 37.3 Å². The molecule has 0 aliphatic carbocycles. The van der Waals surface area contributed by atoms with Crippen molar-refractivity contribution in [2.45, 2.75) is 19.3 Å². The molecule has 4 nitrogen and oxygen atoms in total. The number of carbonyl (C=O) groups is 1. The summed E-state index contributed by atoms with van der Waals surface area (Å²) in [7, 11) is 0. The van der Waals surface area contributed by atoms with Crippen LogP contribution in [-0.4, -0.2) is 27.5 Å². The van der Waals surface area contributed by atoms with Gasteiger partial charge in [0.05, 0.1) is 5.56 Å². The smallest absolute Gasteiger partial charge is 0.191 e. The number of aliphatic hydroxyl groups excluding tert-OH is 1. The Balaban J connectivity index is 2.06. The molecule has 1 atom stereocenters. The second-order valence-corrected chi connectivity index (χ2v) is 4.49. The van der Waals surface area contributed by atoms with E-state index >= 15 is 0 Å². The van der Waals surface area contributed by atoms with Crippen molar-refractivity contribution < 1.29 is 9.90 Å². The largest absolute Gasteiger partial charge is 0.388 e. The van der Waals surface area contributed by atoms with Crippen LogP contribution in [0.15, 0.2) is 42.7 Å². The minimum atomic E-state index is -0.511. The highest BCUT2D eigenvalue weighted by atomic mass is 16.3. The molecule has 1 heterocycles.